The predicted octanol–water partition coefficient (Wildman–Crippen LogP) is 3.57. The molecule has 1 aliphatic heterocycles. The van der Waals surface area contributed by atoms with Gasteiger partial charge in [-0.05, 0) is 42.9 Å². The van der Waals surface area contributed by atoms with E-state index in [0.29, 0.717) is 6.04 Å². The van der Waals surface area contributed by atoms with Crippen LogP contribution in [0.3, 0.4) is 0 Å². The van der Waals surface area contributed by atoms with Gasteiger partial charge in [-0.25, -0.2) is 4.39 Å². The molecule has 3 heteroatoms. The fourth-order valence-corrected chi connectivity index (χ4v) is 3.99. The van der Waals surface area contributed by atoms with Crippen molar-refractivity contribution in [3.8, 4) is 0 Å². The van der Waals surface area contributed by atoms with E-state index in [0.717, 1.165) is 31.6 Å². The first kappa shape index (κ1) is 15.0. The highest BCUT2D eigenvalue weighted by Gasteiger charge is 2.27. The number of benzene rings is 1. The molecule has 1 heterocycles. The number of likely N-dealkylation sites (tertiary alicyclic amines) is 1. The van der Waals surface area contributed by atoms with E-state index in [1.54, 1.807) is 12.1 Å². The summed E-state index contributed by atoms with van der Waals surface area (Å²) in [6.07, 6.45) is 6.76. The van der Waals surface area contributed by atoms with Crippen molar-refractivity contribution in [2.45, 2.75) is 57.7 Å². The number of hydrogen-bond donors (Lipinski definition) is 1. The summed E-state index contributed by atoms with van der Waals surface area (Å²) < 4.78 is 13.0. The van der Waals surface area contributed by atoms with Crippen molar-refractivity contribution in [3.63, 3.8) is 0 Å². The molecular weight excluding hydrogens is 263 g/mol. The molecule has 2 aliphatic rings. The molecule has 0 bridgehead atoms. The first-order chi connectivity index (χ1) is 10.2. The molecule has 2 unspecified atom stereocenters. The highest BCUT2D eigenvalue weighted by atomic mass is 19.1. The lowest BCUT2D eigenvalue weighted by Crippen LogP contribution is -2.50. The summed E-state index contributed by atoms with van der Waals surface area (Å²) in [6.45, 7) is 5.56. The molecule has 3 rings (SSSR count). The number of halogens is 1. The van der Waals surface area contributed by atoms with Gasteiger partial charge in [-0.15, -0.1) is 0 Å². The third-order valence-electron chi connectivity index (χ3n) is 4.88. The van der Waals surface area contributed by atoms with E-state index < -0.39 is 0 Å². The van der Waals surface area contributed by atoms with E-state index in [9.17, 15) is 4.39 Å². The molecule has 116 valence electrons. The molecule has 0 aromatic heterocycles. The molecule has 1 saturated heterocycles. The van der Waals surface area contributed by atoms with Crippen LogP contribution >= 0.6 is 0 Å². The molecule has 1 aromatic carbocycles. The number of hydrogen-bond acceptors (Lipinski definition) is 2. The maximum absolute atomic E-state index is 13.0. The van der Waals surface area contributed by atoms with Crippen LogP contribution in [0.2, 0.25) is 0 Å². The average molecular weight is 290 g/mol. The minimum absolute atomic E-state index is 0.147. The van der Waals surface area contributed by atoms with Gasteiger partial charge in [-0.2, -0.15) is 0 Å². The van der Waals surface area contributed by atoms with Crippen LogP contribution in [0.1, 0.15) is 44.6 Å². The van der Waals surface area contributed by atoms with Gasteiger partial charge in [0, 0.05) is 31.7 Å². The summed E-state index contributed by atoms with van der Waals surface area (Å²) in [5.74, 6) is 0.588. The standard InChI is InChI=1S/C18H27FN2/c1-14-10-18(20-17-4-2-3-5-17)13-21(11-14)12-15-6-8-16(19)9-7-15/h6-9,14,17-18,20H,2-5,10-13H2,1H3. The molecule has 0 radical (unpaired) electrons. The first-order valence-electron chi connectivity index (χ1n) is 8.42. The minimum atomic E-state index is -0.147. The molecular formula is C18H27FN2. The maximum atomic E-state index is 13.0. The summed E-state index contributed by atoms with van der Waals surface area (Å²) in [4.78, 5) is 2.52. The predicted molar refractivity (Wildman–Crippen MR) is 84.6 cm³/mol. The Bertz CT molecular complexity index is 439. The lowest BCUT2D eigenvalue weighted by Gasteiger charge is -2.38. The van der Waals surface area contributed by atoms with Gasteiger partial charge < -0.3 is 5.32 Å². The SMILES string of the molecule is CC1CC(NC2CCCC2)CN(Cc2ccc(F)cc2)C1. The van der Waals surface area contributed by atoms with Crippen LogP contribution in [0.5, 0.6) is 0 Å². The monoisotopic (exact) mass is 290 g/mol. The highest BCUT2D eigenvalue weighted by molar-refractivity contribution is 5.16. The van der Waals surface area contributed by atoms with Gasteiger partial charge >= 0.3 is 0 Å². The number of rotatable bonds is 4. The second kappa shape index (κ2) is 6.89. The third kappa shape index (κ3) is 4.27. The van der Waals surface area contributed by atoms with Crippen molar-refractivity contribution in [2.75, 3.05) is 13.1 Å². The van der Waals surface area contributed by atoms with Crippen molar-refractivity contribution in [2.24, 2.45) is 5.92 Å². The van der Waals surface area contributed by atoms with E-state index in [1.807, 2.05) is 12.1 Å². The lowest BCUT2D eigenvalue weighted by atomic mass is 9.94. The summed E-state index contributed by atoms with van der Waals surface area (Å²) in [6, 6.07) is 8.32. The van der Waals surface area contributed by atoms with Crippen LogP contribution in [0.4, 0.5) is 4.39 Å². The van der Waals surface area contributed by atoms with Gasteiger partial charge in [0.25, 0.3) is 0 Å². The zero-order valence-corrected chi connectivity index (χ0v) is 13.0. The molecule has 1 N–H and O–H groups in total. The Labute approximate surface area is 127 Å². The van der Waals surface area contributed by atoms with Crippen LogP contribution < -0.4 is 5.32 Å². The largest absolute Gasteiger partial charge is 0.310 e. The number of nitrogens with one attached hydrogen (secondary N) is 1. The molecule has 2 atom stereocenters. The fraction of sp³-hybridized carbons (Fsp3) is 0.667. The van der Waals surface area contributed by atoms with Crippen LogP contribution in [0.15, 0.2) is 24.3 Å². The molecule has 2 fully saturated rings. The summed E-state index contributed by atoms with van der Waals surface area (Å²) in [5.41, 5.74) is 1.21. The molecule has 21 heavy (non-hydrogen) atoms. The molecule has 2 nitrogen and oxygen atoms in total. The second-order valence-electron chi connectivity index (χ2n) is 7.01. The minimum Gasteiger partial charge on any atom is -0.310 e. The van der Waals surface area contributed by atoms with Crippen LogP contribution in [-0.4, -0.2) is 30.1 Å². The quantitative estimate of drug-likeness (QED) is 0.912. The smallest absolute Gasteiger partial charge is 0.123 e. The highest BCUT2D eigenvalue weighted by Crippen LogP contribution is 2.23. The van der Waals surface area contributed by atoms with E-state index in [1.165, 1.54) is 37.7 Å². The maximum Gasteiger partial charge on any atom is 0.123 e. The third-order valence-corrected chi connectivity index (χ3v) is 4.88. The Hall–Kier alpha value is -0.930. The van der Waals surface area contributed by atoms with Gasteiger partial charge in [0.05, 0.1) is 0 Å². The molecule has 1 aromatic rings. The molecule has 0 spiro atoms. The lowest BCUT2D eigenvalue weighted by molar-refractivity contribution is 0.136. The summed E-state index contributed by atoms with van der Waals surface area (Å²) in [5, 5.41) is 3.87. The van der Waals surface area contributed by atoms with Crippen LogP contribution in [0.25, 0.3) is 0 Å². The topological polar surface area (TPSA) is 15.3 Å². The molecule has 0 amide bonds. The summed E-state index contributed by atoms with van der Waals surface area (Å²) >= 11 is 0. The van der Waals surface area contributed by atoms with Crippen molar-refractivity contribution >= 4 is 0 Å². The van der Waals surface area contributed by atoms with Gasteiger partial charge in [-0.1, -0.05) is 31.9 Å². The average Bonchev–Trinajstić information content (AvgIpc) is 2.93. The Balaban J connectivity index is 1.55. The first-order valence-corrected chi connectivity index (χ1v) is 8.42. The summed E-state index contributed by atoms with van der Waals surface area (Å²) in [7, 11) is 0. The van der Waals surface area contributed by atoms with Crippen molar-refractivity contribution < 1.29 is 4.39 Å². The van der Waals surface area contributed by atoms with Crippen LogP contribution in [-0.2, 0) is 6.54 Å². The zero-order chi connectivity index (χ0) is 14.7. The Morgan fingerprint density at radius 2 is 1.81 bits per heavy atom. The van der Waals surface area contributed by atoms with Crippen molar-refractivity contribution in [3.05, 3.63) is 35.6 Å². The fourth-order valence-electron chi connectivity index (χ4n) is 3.99. The van der Waals surface area contributed by atoms with Gasteiger partial charge in [0.15, 0.2) is 0 Å². The van der Waals surface area contributed by atoms with Crippen molar-refractivity contribution in [1.29, 1.82) is 0 Å². The molecule has 1 aliphatic carbocycles. The Kier molecular flexibility index (Phi) is 4.91. The molecule has 1 saturated carbocycles. The van der Waals surface area contributed by atoms with Crippen molar-refractivity contribution in [1.82, 2.24) is 10.2 Å². The Morgan fingerprint density at radius 1 is 1.10 bits per heavy atom. The van der Waals surface area contributed by atoms with Gasteiger partial charge in [0.2, 0.25) is 0 Å². The normalized spacial score (nSPS) is 28.1. The Morgan fingerprint density at radius 3 is 2.52 bits per heavy atom. The number of piperidine rings is 1. The van der Waals surface area contributed by atoms with Gasteiger partial charge in [0.1, 0.15) is 5.82 Å². The van der Waals surface area contributed by atoms with Gasteiger partial charge in [-0.3, -0.25) is 4.90 Å². The van der Waals surface area contributed by atoms with E-state index in [2.05, 4.69) is 17.1 Å². The second-order valence-corrected chi connectivity index (χ2v) is 7.01. The zero-order valence-electron chi connectivity index (χ0n) is 13.0. The van der Waals surface area contributed by atoms with E-state index in [-0.39, 0.29) is 5.82 Å². The number of nitrogens with zero attached hydrogens (tertiary/aromatic N) is 1. The van der Waals surface area contributed by atoms with E-state index in [4.69, 9.17) is 0 Å². The van der Waals surface area contributed by atoms with Crippen LogP contribution in [0, 0.1) is 11.7 Å². The van der Waals surface area contributed by atoms with E-state index >= 15 is 0 Å².